The van der Waals surface area contributed by atoms with E-state index in [-0.39, 0.29) is 30.5 Å². The molecule has 0 aliphatic carbocycles. The van der Waals surface area contributed by atoms with Crippen molar-refractivity contribution < 1.29 is 9.53 Å². The van der Waals surface area contributed by atoms with Gasteiger partial charge in [-0.2, -0.15) is 0 Å². The summed E-state index contributed by atoms with van der Waals surface area (Å²) in [4.78, 5) is 12.2. The van der Waals surface area contributed by atoms with Crippen LogP contribution in [0.2, 0.25) is 0 Å². The predicted molar refractivity (Wildman–Crippen MR) is 92.6 cm³/mol. The summed E-state index contributed by atoms with van der Waals surface area (Å²) in [6.45, 7) is 9.44. The quantitative estimate of drug-likeness (QED) is 0.763. The standard InChI is InChI=1S/C15H23BrN2O2.ClH/c1-5-17-11(4)9-18-15(19)13-7-6-12(16)8-14(13)20-10(2)3;/h6-8,10-11,17H,5,9H2,1-4H3,(H,18,19);1H/t11-;/m1./s1. The van der Waals surface area contributed by atoms with Gasteiger partial charge in [0, 0.05) is 17.1 Å². The molecule has 1 amide bonds. The summed E-state index contributed by atoms with van der Waals surface area (Å²) < 4.78 is 6.59. The number of hydrogen-bond acceptors (Lipinski definition) is 3. The topological polar surface area (TPSA) is 50.4 Å². The highest BCUT2D eigenvalue weighted by Crippen LogP contribution is 2.24. The fourth-order valence-electron chi connectivity index (χ4n) is 1.80. The third-order valence-corrected chi connectivity index (χ3v) is 3.17. The number of halogens is 2. The zero-order valence-electron chi connectivity index (χ0n) is 12.9. The lowest BCUT2D eigenvalue weighted by atomic mass is 10.2. The molecule has 6 heteroatoms. The second kappa shape index (κ2) is 10.0. The Morgan fingerprint density at radius 3 is 2.57 bits per heavy atom. The molecule has 21 heavy (non-hydrogen) atoms. The first-order chi connectivity index (χ1) is 9.43. The van der Waals surface area contributed by atoms with E-state index in [9.17, 15) is 4.79 Å². The fourth-order valence-corrected chi connectivity index (χ4v) is 2.14. The summed E-state index contributed by atoms with van der Waals surface area (Å²) in [6, 6.07) is 5.68. The van der Waals surface area contributed by atoms with E-state index in [1.165, 1.54) is 0 Å². The molecule has 0 aliphatic heterocycles. The van der Waals surface area contributed by atoms with Crippen LogP contribution in [0.4, 0.5) is 0 Å². The minimum Gasteiger partial charge on any atom is -0.490 e. The normalized spacial score (nSPS) is 11.7. The van der Waals surface area contributed by atoms with Gasteiger partial charge in [0.15, 0.2) is 0 Å². The maximum atomic E-state index is 12.2. The molecular formula is C15H24BrClN2O2. The van der Waals surface area contributed by atoms with Gasteiger partial charge in [-0.05, 0) is 45.5 Å². The molecule has 1 atom stereocenters. The van der Waals surface area contributed by atoms with Crippen molar-refractivity contribution in [3.63, 3.8) is 0 Å². The lowest BCUT2D eigenvalue weighted by Crippen LogP contribution is -2.38. The van der Waals surface area contributed by atoms with Crippen LogP contribution < -0.4 is 15.4 Å². The Bertz CT molecular complexity index is 455. The van der Waals surface area contributed by atoms with E-state index in [4.69, 9.17) is 4.74 Å². The van der Waals surface area contributed by atoms with Gasteiger partial charge in [0.05, 0.1) is 11.7 Å². The number of benzene rings is 1. The van der Waals surface area contributed by atoms with Crippen LogP contribution >= 0.6 is 28.3 Å². The van der Waals surface area contributed by atoms with E-state index in [1.54, 1.807) is 6.07 Å². The maximum Gasteiger partial charge on any atom is 0.255 e. The molecule has 0 aromatic heterocycles. The van der Waals surface area contributed by atoms with Gasteiger partial charge >= 0.3 is 0 Å². The molecule has 0 unspecified atom stereocenters. The molecule has 0 aliphatic rings. The largest absolute Gasteiger partial charge is 0.490 e. The highest BCUT2D eigenvalue weighted by Gasteiger charge is 2.14. The Labute approximate surface area is 141 Å². The zero-order valence-corrected chi connectivity index (χ0v) is 15.3. The van der Waals surface area contributed by atoms with E-state index >= 15 is 0 Å². The maximum absolute atomic E-state index is 12.2. The van der Waals surface area contributed by atoms with Crippen LogP contribution in [0.15, 0.2) is 22.7 Å². The number of rotatable bonds is 7. The van der Waals surface area contributed by atoms with Crippen molar-refractivity contribution in [2.24, 2.45) is 0 Å². The zero-order chi connectivity index (χ0) is 15.1. The summed E-state index contributed by atoms with van der Waals surface area (Å²) >= 11 is 3.40. The van der Waals surface area contributed by atoms with Gasteiger partial charge in [0.2, 0.25) is 0 Å². The molecule has 0 heterocycles. The molecule has 120 valence electrons. The molecule has 1 aromatic rings. The summed E-state index contributed by atoms with van der Waals surface area (Å²) in [5.41, 5.74) is 0.561. The molecular weight excluding hydrogens is 356 g/mol. The highest BCUT2D eigenvalue weighted by molar-refractivity contribution is 9.10. The number of ether oxygens (including phenoxy) is 1. The molecule has 1 aromatic carbocycles. The van der Waals surface area contributed by atoms with E-state index in [2.05, 4.69) is 26.6 Å². The Morgan fingerprint density at radius 1 is 1.33 bits per heavy atom. The average molecular weight is 380 g/mol. The van der Waals surface area contributed by atoms with Gasteiger partial charge in [-0.3, -0.25) is 4.79 Å². The molecule has 0 saturated carbocycles. The first-order valence-corrected chi connectivity index (χ1v) is 7.71. The lowest BCUT2D eigenvalue weighted by molar-refractivity contribution is 0.0944. The lowest BCUT2D eigenvalue weighted by Gasteiger charge is -2.16. The molecule has 4 nitrogen and oxygen atoms in total. The molecule has 0 saturated heterocycles. The molecule has 0 radical (unpaired) electrons. The van der Waals surface area contributed by atoms with Gasteiger partial charge < -0.3 is 15.4 Å². The van der Waals surface area contributed by atoms with Gasteiger partial charge in [0.25, 0.3) is 5.91 Å². The van der Waals surface area contributed by atoms with Crippen LogP contribution in [-0.2, 0) is 0 Å². The molecule has 0 bridgehead atoms. The number of carbonyl (C=O) groups is 1. The van der Waals surface area contributed by atoms with Crippen LogP contribution in [0.3, 0.4) is 0 Å². The summed E-state index contributed by atoms with van der Waals surface area (Å²) in [6.07, 6.45) is 0.0246. The fraction of sp³-hybridized carbons (Fsp3) is 0.533. The van der Waals surface area contributed by atoms with Crippen LogP contribution in [-0.4, -0.2) is 31.1 Å². The Hall–Kier alpha value is -0.780. The first kappa shape index (κ1) is 20.2. The van der Waals surface area contributed by atoms with Crippen molar-refractivity contribution in [2.75, 3.05) is 13.1 Å². The third-order valence-electron chi connectivity index (χ3n) is 2.67. The van der Waals surface area contributed by atoms with Crippen molar-refractivity contribution in [1.82, 2.24) is 10.6 Å². The number of nitrogens with one attached hydrogen (secondary N) is 2. The second-order valence-electron chi connectivity index (χ2n) is 4.98. The Kier molecular flexibility index (Phi) is 9.66. The van der Waals surface area contributed by atoms with Gasteiger partial charge in [-0.15, -0.1) is 12.4 Å². The van der Waals surface area contributed by atoms with E-state index in [1.807, 2.05) is 39.8 Å². The van der Waals surface area contributed by atoms with Crippen molar-refractivity contribution >= 4 is 34.2 Å². The van der Waals surface area contributed by atoms with E-state index < -0.39 is 0 Å². The van der Waals surface area contributed by atoms with Crippen molar-refractivity contribution in [2.45, 2.75) is 39.8 Å². The number of hydrogen-bond donors (Lipinski definition) is 2. The summed E-state index contributed by atoms with van der Waals surface area (Å²) in [7, 11) is 0. The summed E-state index contributed by atoms with van der Waals surface area (Å²) in [5.74, 6) is 0.487. The van der Waals surface area contributed by atoms with E-state index in [0.717, 1.165) is 11.0 Å². The molecule has 1 rings (SSSR count). The molecule has 2 N–H and O–H groups in total. The SMILES string of the molecule is CCN[C@H](C)CNC(=O)c1ccc(Br)cc1OC(C)C.Cl. The third kappa shape index (κ3) is 7.16. The van der Waals surface area contributed by atoms with Gasteiger partial charge in [-0.1, -0.05) is 22.9 Å². The van der Waals surface area contributed by atoms with Gasteiger partial charge in [0.1, 0.15) is 5.75 Å². The monoisotopic (exact) mass is 378 g/mol. The van der Waals surface area contributed by atoms with Crippen molar-refractivity contribution in [3.8, 4) is 5.75 Å². The minimum absolute atomic E-state index is 0. The molecule has 0 fully saturated rings. The highest BCUT2D eigenvalue weighted by atomic mass is 79.9. The van der Waals surface area contributed by atoms with Gasteiger partial charge in [-0.25, -0.2) is 0 Å². The van der Waals surface area contributed by atoms with Crippen molar-refractivity contribution in [1.29, 1.82) is 0 Å². The average Bonchev–Trinajstić information content (AvgIpc) is 2.36. The van der Waals surface area contributed by atoms with Crippen LogP contribution in [0, 0.1) is 0 Å². The Balaban J connectivity index is 0.00000400. The minimum atomic E-state index is -0.113. The smallest absolute Gasteiger partial charge is 0.255 e. The van der Waals surface area contributed by atoms with Crippen LogP contribution in [0.1, 0.15) is 38.1 Å². The number of likely N-dealkylation sites (N-methyl/N-ethyl adjacent to an activating group) is 1. The van der Waals surface area contributed by atoms with Crippen molar-refractivity contribution in [3.05, 3.63) is 28.2 Å². The number of carbonyl (C=O) groups excluding carboxylic acids is 1. The number of amides is 1. The molecule has 0 spiro atoms. The van der Waals surface area contributed by atoms with Crippen LogP contribution in [0.5, 0.6) is 5.75 Å². The predicted octanol–water partition coefficient (Wildman–Crippen LogP) is 3.39. The van der Waals surface area contributed by atoms with Crippen LogP contribution in [0.25, 0.3) is 0 Å². The second-order valence-corrected chi connectivity index (χ2v) is 5.89. The Morgan fingerprint density at radius 2 is 2.00 bits per heavy atom. The van der Waals surface area contributed by atoms with E-state index in [0.29, 0.717) is 17.9 Å². The summed E-state index contributed by atoms with van der Waals surface area (Å²) in [5, 5.41) is 6.17. The first-order valence-electron chi connectivity index (χ1n) is 6.91.